The number of hydrogen-bond acceptors (Lipinski definition) is 6. The van der Waals surface area contributed by atoms with Crippen molar-refractivity contribution in [3.63, 3.8) is 0 Å². The van der Waals surface area contributed by atoms with Gasteiger partial charge in [-0.05, 0) is 42.0 Å². The molecular formula is C24H21N3O4. The summed E-state index contributed by atoms with van der Waals surface area (Å²) >= 11 is 0. The lowest BCUT2D eigenvalue weighted by atomic mass is 10.0. The van der Waals surface area contributed by atoms with Crippen LogP contribution in [0.25, 0.3) is 5.57 Å². The summed E-state index contributed by atoms with van der Waals surface area (Å²) in [5, 5.41) is 3.13. The first kappa shape index (κ1) is 20.2. The number of carbonyl (C=O) groups is 2. The lowest BCUT2D eigenvalue weighted by molar-refractivity contribution is -0.137. The Balaban J connectivity index is 1.76. The topological polar surface area (TPSA) is 80.8 Å². The summed E-state index contributed by atoms with van der Waals surface area (Å²) in [6.45, 7) is 0.123. The molecule has 31 heavy (non-hydrogen) atoms. The molecule has 1 aliphatic rings. The molecule has 1 aromatic heterocycles. The Morgan fingerprint density at radius 2 is 1.68 bits per heavy atom. The van der Waals surface area contributed by atoms with Crippen LogP contribution in [-0.2, 0) is 16.1 Å². The molecule has 0 saturated carbocycles. The minimum Gasteiger partial charge on any atom is -0.497 e. The predicted octanol–water partition coefficient (Wildman–Crippen LogP) is 3.49. The third kappa shape index (κ3) is 3.98. The summed E-state index contributed by atoms with van der Waals surface area (Å²) < 4.78 is 10.6. The molecule has 2 heterocycles. The number of imide groups is 1. The smallest absolute Gasteiger partial charge is 0.278 e. The van der Waals surface area contributed by atoms with Gasteiger partial charge in [0.25, 0.3) is 11.8 Å². The Labute approximate surface area is 179 Å². The highest BCUT2D eigenvalue weighted by Gasteiger charge is 2.40. The highest BCUT2D eigenvalue weighted by molar-refractivity contribution is 6.36. The second-order valence-corrected chi connectivity index (χ2v) is 6.86. The Hall–Kier alpha value is -4.13. The number of aromatic nitrogens is 1. The van der Waals surface area contributed by atoms with E-state index in [4.69, 9.17) is 9.47 Å². The second kappa shape index (κ2) is 8.71. The average Bonchev–Trinajstić information content (AvgIpc) is 3.04. The van der Waals surface area contributed by atoms with Crippen molar-refractivity contribution in [3.05, 3.63) is 89.9 Å². The van der Waals surface area contributed by atoms with E-state index in [9.17, 15) is 9.59 Å². The van der Waals surface area contributed by atoms with Crippen molar-refractivity contribution in [1.82, 2.24) is 9.88 Å². The van der Waals surface area contributed by atoms with Crippen molar-refractivity contribution in [3.8, 4) is 11.5 Å². The molecule has 1 aliphatic heterocycles. The zero-order chi connectivity index (χ0) is 21.8. The summed E-state index contributed by atoms with van der Waals surface area (Å²) in [6, 6.07) is 17.9. The molecule has 0 atom stereocenters. The molecule has 3 aromatic rings. The van der Waals surface area contributed by atoms with E-state index in [2.05, 4.69) is 10.3 Å². The van der Waals surface area contributed by atoms with Gasteiger partial charge in [0.05, 0.1) is 26.3 Å². The number of pyridine rings is 1. The monoisotopic (exact) mass is 415 g/mol. The molecule has 0 aliphatic carbocycles. The number of nitrogens with zero attached hydrogens (tertiary/aromatic N) is 2. The van der Waals surface area contributed by atoms with E-state index in [0.717, 1.165) is 5.56 Å². The van der Waals surface area contributed by atoms with Gasteiger partial charge in [0.15, 0.2) is 0 Å². The van der Waals surface area contributed by atoms with Crippen molar-refractivity contribution in [2.45, 2.75) is 6.54 Å². The number of ether oxygens (including phenoxy) is 2. The second-order valence-electron chi connectivity index (χ2n) is 6.86. The number of rotatable bonds is 7. The third-order valence-corrected chi connectivity index (χ3v) is 4.97. The first-order chi connectivity index (χ1) is 15.1. The van der Waals surface area contributed by atoms with Crippen LogP contribution in [-0.4, -0.2) is 35.9 Å². The van der Waals surface area contributed by atoms with Crippen LogP contribution in [0.1, 0.15) is 11.1 Å². The number of anilines is 1. The lowest BCUT2D eigenvalue weighted by Gasteiger charge is -2.15. The van der Waals surface area contributed by atoms with Crippen LogP contribution in [0.5, 0.6) is 11.5 Å². The van der Waals surface area contributed by atoms with Crippen LogP contribution in [0, 0.1) is 0 Å². The zero-order valence-corrected chi connectivity index (χ0v) is 17.2. The number of para-hydroxylation sites is 1. The molecule has 0 fully saturated rings. The number of hydrogen-bond donors (Lipinski definition) is 1. The summed E-state index contributed by atoms with van der Waals surface area (Å²) in [5.41, 5.74) is 2.43. The zero-order valence-electron chi connectivity index (χ0n) is 17.2. The Morgan fingerprint density at radius 1 is 0.903 bits per heavy atom. The highest BCUT2D eigenvalue weighted by Crippen LogP contribution is 2.36. The number of carbonyl (C=O) groups excluding carboxylic acids is 2. The SMILES string of the molecule is COc1ccc(NC2=C(c3ccccc3OC)C(=O)N(Cc3cccnc3)C2=O)cc1. The first-order valence-corrected chi connectivity index (χ1v) is 9.66. The van der Waals surface area contributed by atoms with Crippen LogP contribution in [0.4, 0.5) is 5.69 Å². The van der Waals surface area contributed by atoms with Gasteiger partial charge in [0, 0.05) is 23.6 Å². The number of amides is 2. The maximum Gasteiger partial charge on any atom is 0.278 e. The van der Waals surface area contributed by atoms with Gasteiger partial charge in [-0.1, -0.05) is 24.3 Å². The molecule has 0 bridgehead atoms. The van der Waals surface area contributed by atoms with Crippen molar-refractivity contribution in [2.75, 3.05) is 19.5 Å². The van der Waals surface area contributed by atoms with Gasteiger partial charge >= 0.3 is 0 Å². The van der Waals surface area contributed by atoms with Gasteiger partial charge in [-0.15, -0.1) is 0 Å². The van der Waals surface area contributed by atoms with Gasteiger partial charge < -0.3 is 14.8 Å². The fourth-order valence-electron chi connectivity index (χ4n) is 3.43. The molecule has 2 aromatic carbocycles. The Kier molecular flexibility index (Phi) is 5.66. The van der Waals surface area contributed by atoms with E-state index in [0.29, 0.717) is 22.7 Å². The van der Waals surface area contributed by atoms with Gasteiger partial charge in [-0.25, -0.2) is 0 Å². The van der Waals surface area contributed by atoms with Gasteiger partial charge in [-0.2, -0.15) is 0 Å². The average molecular weight is 415 g/mol. The predicted molar refractivity (Wildman–Crippen MR) is 116 cm³/mol. The molecule has 2 amide bonds. The standard InChI is InChI=1S/C24H21N3O4/c1-30-18-11-9-17(10-12-18)26-22-21(19-7-3-4-8-20(19)31-2)23(28)27(24(22)29)15-16-6-5-13-25-14-16/h3-14,26H,15H2,1-2H3. The molecule has 0 unspecified atom stereocenters. The van der Waals surface area contributed by atoms with E-state index in [-0.39, 0.29) is 17.8 Å². The van der Waals surface area contributed by atoms with E-state index < -0.39 is 11.8 Å². The Morgan fingerprint density at radius 3 is 2.35 bits per heavy atom. The first-order valence-electron chi connectivity index (χ1n) is 9.66. The van der Waals surface area contributed by atoms with Gasteiger partial charge in [-0.3, -0.25) is 19.5 Å². The fraction of sp³-hybridized carbons (Fsp3) is 0.125. The van der Waals surface area contributed by atoms with Crippen LogP contribution in [0.15, 0.2) is 78.8 Å². The van der Waals surface area contributed by atoms with Crippen LogP contribution < -0.4 is 14.8 Å². The maximum atomic E-state index is 13.4. The van der Waals surface area contributed by atoms with Gasteiger partial charge in [0.2, 0.25) is 0 Å². The summed E-state index contributed by atoms with van der Waals surface area (Å²) in [6.07, 6.45) is 3.28. The van der Waals surface area contributed by atoms with Crippen molar-refractivity contribution < 1.29 is 19.1 Å². The minimum atomic E-state index is -0.412. The van der Waals surface area contributed by atoms with Crippen molar-refractivity contribution in [2.24, 2.45) is 0 Å². The highest BCUT2D eigenvalue weighted by atomic mass is 16.5. The van der Waals surface area contributed by atoms with Gasteiger partial charge in [0.1, 0.15) is 17.2 Å². The van der Waals surface area contributed by atoms with E-state index in [1.54, 1.807) is 68.0 Å². The largest absolute Gasteiger partial charge is 0.497 e. The van der Waals surface area contributed by atoms with Crippen molar-refractivity contribution in [1.29, 1.82) is 0 Å². The Bertz CT molecular complexity index is 1140. The van der Waals surface area contributed by atoms with Crippen LogP contribution in [0.2, 0.25) is 0 Å². The molecule has 0 spiro atoms. The maximum absolute atomic E-state index is 13.4. The van der Waals surface area contributed by atoms with E-state index in [1.165, 1.54) is 12.0 Å². The van der Waals surface area contributed by atoms with Crippen molar-refractivity contribution >= 4 is 23.1 Å². The number of nitrogens with one attached hydrogen (secondary N) is 1. The summed E-state index contributed by atoms with van der Waals surface area (Å²) in [4.78, 5) is 32.0. The lowest BCUT2D eigenvalue weighted by Crippen LogP contribution is -2.32. The molecule has 0 radical (unpaired) electrons. The summed E-state index contributed by atoms with van der Waals surface area (Å²) in [5.74, 6) is 0.396. The molecule has 7 nitrogen and oxygen atoms in total. The molecule has 4 rings (SSSR count). The fourth-order valence-corrected chi connectivity index (χ4v) is 3.43. The molecule has 7 heteroatoms. The third-order valence-electron chi connectivity index (χ3n) is 4.97. The minimum absolute atomic E-state index is 0.123. The van der Waals surface area contributed by atoms with Crippen LogP contribution in [0.3, 0.4) is 0 Å². The van der Waals surface area contributed by atoms with E-state index in [1.807, 2.05) is 12.1 Å². The molecule has 156 valence electrons. The normalized spacial score (nSPS) is 13.5. The van der Waals surface area contributed by atoms with Crippen LogP contribution >= 0.6 is 0 Å². The number of methoxy groups -OCH3 is 2. The summed E-state index contributed by atoms with van der Waals surface area (Å²) in [7, 11) is 3.12. The molecule has 0 saturated heterocycles. The van der Waals surface area contributed by atoms with E-state index >= 15 is 0 Å². The molecule has 1 N–H and O–H groups in total. The number of benzene rings is 2. The molecular weight excluding hydrogens is 394 g/mol. The quantitative estimate of drug-likeness (QED) is 0.595.